The number of esters is 2. The van der Waals surface area contributed by atoms with Gasteiger partial charge in [-0.1, -0.05) is 136 Å². The van der Waals surface area contributed by atoms with Crippen molar-refractivity contribution in [1.82, 2.24) is 0 Å². The first-order valence-corrected chi connectivity index (χ1v) is 16.0. The molecule has 1 atom stereocenters. The van der Waals surface area contributed by atoms with Crippen LogP contribution in [0.5, 0.6) is 0 Å². The average molecular weight is 511 g/mol. The van der Waals surface area contributed by atoms with E-state index in [-0.39, 0.29) is 17.9 Å². The third-order valence-electron chi connectivity index (χ3n) is 7.20. The first-order valence-electron chi connectivity index (χ1n) is 16.0. The molecule has 0 saturated carbocycles. The van der Waals surface area contributed by atoms with Crippen LogP contribution in [0.1, 0.15) is 175 Å². The van der Waals surface area contributed by atoms with Gasteiger partial charge in [0.2, 0.25) is 0 Å². The van der Waals surface area contributed by atoms with Gasteiger partial charge in [0.1, 0.15) is 0 Å². The van der Waals surface area contributed by atoms with E-state index in [1.165, 1.54) is 109 Å². The Morgan fingerprint density at radius 1 is 0.500 bits per heavy atom. The molecule has 0 N–H and O–H groups in total. The number of hydrogen-bond donors (Lipinski definition) is 0. The molecule has 0 radical (unpaired) electrons. The van der Waals surface area contributed by atoms with E-state index >= 15 is 0 Å². The molecule has 4 heteroatoms. The van der Waals surface area contributed by atoms with Crippen molar-refractivity contribution in [2.45, 2.75) is 175 Å². The van der Waals surface area contributed by atoms with Crippen LogP contribution < -0.4 is 0 Å². The van der Waals surface area contributed by atoms with Crippen LogP contribution in [0.3, 0.4) is 0 Å². The van der Waals surface area contributed by atoms with E-state index in [4.69, 9.17) is 9.47 Å². The molecule has 0 aliphatic rings. The predicted octanol–water partition coefficient (Wildman–Crippen LogP) is 10.1. The van der Waals surface area contributed by atoms with E-state index in [1.54, 1.807) is 0 Å². The van der Waals surface area contributed by atoms with Gasteiger partial charge >= 0.3 is 11.9 Å². The van der Waals surface area contributed by atoms with Gasteiger partial charge in [-0.15, -0.1) is 0 Å². The first kappa shape index (κ1) is 34.9. The molecule has 0 amide bonds. The van der Waals surface area contributed by atoms with E-state index in [2.05, 4.69) is 13.8 Å². The Balaban J connectivity index is 3.26. The second kappa shape index (κ2) is 28.5. The summed E-state index contributed by atoms with van der Waals surface area (Å²) in [5.41, 5.74) is 0. The Morgan fingerprint density at radius 3 is 1.36 bits per heavy atom. The van der Waals surface area contributed by atoms with Gasteiger partial charge in [-0.05, 0) is 32.6 Å². The molecule has 1 unspecified atom stereocenters. The van der Waals surface area contributed by atoms with Gasteiger partial charge in [0.15, 0.2) is 0 Å². The lowest BCUT2D eigenvalue weighted by Gasteiger charge is -2.14. The van der Waals surface area contributed by atoms with Crippen molar-refractivity contribution in [1.29, 1.82) is 0 Å². The molecule has 214 valence electrons. The van der Waals surface area contributed by atoms with Gasteiger partial charge in [-0.2, -0.15) is 0 Å². The van der Waals surface area contributed by atoms with Crippen LogP contribution in [-0.4, -0.2) is 25.2 Å². The lowest BCUT2D eigenvalue weighted by Crippen LogP contribution is -2.17. The second-order valence-corrected chi connectivity index (χ2v) is 10.7. The zero-order valence-corrected chi connectivity index (χ0v) is 24.6. The van der Waals surface area contributed by atoms with Gasteiger partial charge in [0.05, 0.1) is 19.1 Å². The van der Waals surface area contributed by atoms with Gasteiger partial charge in [-0.25, -0.2) is 0 Å². The zero-order chi connectivity index (χ0) is 26.5. The summed E-state index contributed by atoms with van der Waals surface area (Å²) < 4.78 is 10.5. The minimum Gasteiger partial charge on any atom is -0.466 e. The summed E-state index contributed by atoms with van der Waals surface area (Å²) in [6, 6.07) is 0. The maximum Gasteiger partial charge on any atom is 0.308 e. The lowest BCUT2D eigenvalue weighted by atomic mass is 9.96. The summed E-state index contributed by atoms with van der Waals surface area (Å²) >= 11 is 0. The van der Waals surface area contributed by atoms with Crippen LogP contribution in [0.4, 0.5) is 0 Å². The zero-order valence-electron chi connectivity index (χ0n) is 24.6. The van der Waals surface area contributed by atoms with Crippen LogP contribution in [0.25, 0.3) is 0 Å². The van der Waals surface area contributed by atoms with Gasteiger partial charge in [0.25, 0.3) is 0 Å². The number of hydrogen-bond acceptors (Lipinski definition) is 4. The second-order valence-electron chi connectivity index (χ2n) is 10.7. The summed E-state index contributed by atoms with van der Waals surface area (Å²) in [6.07, 6.45) is 29.4. The molecule has 0 fully saturated rings. The molecular formula is C32H62O4. The molecule has 36 heavy (non-hydrogen) atoms. The summed E-state index contributed by atoms with van der Waals surface area (Å²) in [4.78, 5) is 23.4. The van der Waals surface area contributed by atoms with E-state index in [0.717, 1.165) is 38.5 Å². The number of carbonyl (C=O) groups is 2. The van der Waals surface area contributed by atoms with Crippen molar-refractivity contribution in [3.63, 3.8) is 0 Å². The maximum atomic E-state index is 12.0. The summed E-state index contributed by atoms with van der Waals surface area (Å²) in [6.45, 7) is 7.25. The fraction of sp³-hybridized carbons (Fsp3) is 0.938. The lowest BCUT2D eigenvalue weighted by molar-refractivity contribution is -0.148. The van der Waals surface area contributed by atoms with Crippen molar-refractivity contribution >= 4 is 11.9 Å². The van der Waals surface area contributed by atoms with Crippen LogP contribution in [0.15, 0.2) is 0 Å². The average Bonchev–Trinajstić information content (AvgIpc) is 2.87. The molecule has 4 nitrogen and oxygen atoms in total. The van der Waals surface area contributed by atoms with E-state index in [9.17, 15) is 9.59 Å². The molecule has 0 aromatic heterocycles. The molecule has 0 rings (SSSR count). The smallest absolute Gasteiger partial charge is 0.308 e. The Hall–Kier alpha value is -1.06. The highest BCUT2D eigenvalue weighted by Crippen LogP contribution is 2.19. The van der Waals surface area contributed by atoms with Gasteiger partial charge < -0.3 is 9.47 Å². The highest BCUT2D eigenvalue weighted by molar-refractivity contribution is 5.72. The quantitative estimate of drug-likeness (QED) is 0.0776. The van der Waals surface area contributed by atoms with Crippen LogP contribution in [0.2, 0.25) is 0 Å². The summed E-state index contributed by atoms with van der Waals surface area (Å²) in [5.74, 6) is 0.122. The van der Waals surface area contributed by atoms with Crippen molar-refractivity contribution in [3.8, 4) is 0 Å². The van der Waals surface area contributed by atoms with Crippen molar-refractivity contribution in [2.24, 2.45) is 5.92 Å². The van der Waals surface area contributed by atoms with E-state index in [1.807, 2.05) is 6.92 Å². The number of rotatable bonds is 28. The van der Waals surface area contributed by atoms with Crippen LogP contribution >= 0.6 is 0 Å². The molecule has 0 aliphatic carbocycles. The highest BCUT2D eigenvalue weighted by Gasteiger charge is 2.17. The van der Waals surface area contributed by atoms with Crippen molar-refractivity contribution < 1.29 is 19.1 Å². The van der Waals surface area contributed by atoms with Gasteiger partial charge in [-0.3, -0.25) is 9.59 Å². The van der Waals surface area contributed by atoms with E-state index < -0.39 is 0 Å². The maximum absolute atomic E-state index is 12.0. The van der Waals surface area contributed by atoms with Crippen LogP contribution in [0, 0.1) is 5.92 Å². The molecular weight excluding hydrogens is 448 g/mol. The minimum atomic E-state index is -0.0203. The largest absolute Gasteiger partial charge is 0.466 e. The van der Waals surface area contributed by atoms with Crippen molar-refractivity contribution in [2.75, 3.05) is 13.2 Å². The monoisotopic (exact) mass is 510 g/mol. The fourth-order valence-corrected chi connectivity index (χ4v) is 4.89. The molecule has 0 heterocycles. The SMILES string of the molecule is CCCCC(=O)OCCCCCCCCCCCCCCCCCCCCC(CCC)C(=O)OCC. The Bertz CT molecular complexity index is 477. The van der Waals surface area contributed by atoms with Crippen LogP contribution in [-0.2, 0) is 19.1 Å². The molecule has 0 saturated heterocycles. The Kier molecular flexibility index (Phi) is 27.7. The standard InChI is InChI=1S/C32H62O4/c1-4-7-28-31(33)36-29-25-23-21-19-17-15-13-11-9-8-10-12-14-16-18-20-22-24-27-30(26-5-2)32(34)35-6-3/h30H,4-29H2,1-3H3. The normalized spacial score (nSPS) is 12.0. The number of carbonyl (C=O) groups excluding carboxylic acids is 2. The molecule has 0 bridgehead atoms. The summed E-state index contributed by atoms with van der Waals surface area (Å²) in [5, 5.41) is 0. The molecule has 0 spiro atoms. The first-order chi connectivity index (χ1) is 17.7. The third kappa shape index (κ3) is 24.6. The predicted molar refractivity (Wildman–Crippen MR) is 153 cm³/mol. The van der Waals surface area contributed by atoms with E-state index in [0.29, 0.717) is 19.6 Å². The summed E-state index contributed by atoms with van der Waals surface area (Å²) in [7, 11) is 0. The minimum absolute atomic E-state index is 0.0184. The molecule has 0 aliphatic heterocycles. The fourth-order valence-electron chi connectivity index (χ4n) is 4.89. The Labute approximate surface area is 225 Å². The van der Waals surface area contributed by atoms with Crippen molar-refractivity contribution in [3.05, 3.63) is 0 Å². The molecule has 0 aromatic carbocycles. The highest BCUT2D eigenvalue weighted by atomic mass is 16.5. The topological polar surface area (TPSA) is 52.6 Å². The van der Waals surface area contributed by atoms with Gasteiger partial charge in [0, 0.05) is 6.42 Å². The number of ether oxygens (including phenoxy) is 2. The number of unbranched alkanes of at least 4 members (excludes halogenated alkanes) is 18. The molecule has 0 aromatic rings. The Morgan fingerprint density at radius 2 is 0.944 bits per heavy atom. The third-order valence-corrected chi connectivity index (χ3v) is 7.20.